The molecular weight excluding hydrogens is 348 g/mol. The molecular formula is C19H36N4O4. The maximum Gasteiger partial charge on any atom is 0.410 e. The molecule has 1 aliphatic rings. The summed E-state index contributed by atoms with van der Waals surface area (Å²) in [5, 5.41) is 3.35. The third kappa shape index (κ3) is 7.27. The van der Waals surface area contributed by atoms with Crippen LogP contribution in [0.2, 0.25) is 0 Å². The van der Waals surface area contributed by atoms with Gasteiger partial charge in [-0.1, -0.05) is 13.8 Å². The number of rotatable bonds is 5. The maximum absolute atomic E-state index is 12.1. The zero-order valence-electron chi connectivity index (χ0n) is 18.0. The van der Waals surface area contributed by atoms with E-state index in [1.807, 2.05) is 27.7 Å². The van der Waals surface area contributed by atoms with E-state index in [2.05, 4.69) is 22.1 Å². The molecule has 1 amide bonds. The van der Waals surface area contributed by atoms with Crippen molar-refractivity contribution in [1.29, 1.82) is 0 Å². The SMILES string of the molecule is CN=C(NCC(C)CN(C)C(=O)OC(C)(C)C)N1CC(C)C(C(=O)OC)C1. The lowest BCUT2D eigenvalue weighted by Gasteiger charge is -2.27. The monoisotopic (exact) mass is 384 g/mol. The Hall–Kier alpha value is -1.99. The van der Waals surface area contributed by atoms with Crippen molar-refractivity contribution in [3.63, 3.8) is 0 Å². The molecule has 0 aliphatic carbocycles. The molecule has 156 valence electrons. The molecule has 1 saturated heterocycles. The minimum atomic E-state index is -0.502. The lowest BCUT2D eigenvalue weighted by Crippen LogP contribution is -2.44. The normalized spacial score (nSPS) is 21.6. The summed E-state index contributed by atoms with van der Waals surface area (Å²) < 4.78 is 10.3. The lowest BCUT2D eigenvalue weighted by molar-refractivity contribution is -0.145. The van der Waals surface area contributed by atoms with Gasteiger partial charge >= 0.3 is 12.1 Å². The van der Waals surface area contributed by atoms with E-state index < -0.39 is 5.60 Å². The summed E-state index contributed by atoms with van der Waals surface area (Å²) in [6.45, 7) is 12.3. The van der Waals surface area contributed by atoms with E-state index in [-0.39, 0.29) is 29.8 Å². The van der Waals surface area contributed by atoms with Crippen LogP contribution in [0, 0.1) is 17.8 Å². The van der Waals surface area contributed by atoms with Gasteiger partial charge in [0.2, 0.25) is 0 Å². The third-order valence-electron chi connectivity index (χ3n) is 4.53. The molecule has 8 heteroatoms. The van der Waals surface area contributed by atoms with E-state index >= 15 is 0 Å². The van der Waals surface area contributed by atoms with E-state index in [0.717, 1.165) is 12.5 Å². The van der Waals surface area contributed by atoms with Crippen LogP contribution in [0.15, 0.2) is 4.99 Å². The van der Waals surface area contributed by atoms with Crippen molar-refractivity contribution in [3.05, 3.63) is 0 Å². The topological polar surface area (TPSA) is 83.5 Å². The van der Waals surface area contributed by atoms with Gasteiger partial charge < -0.3 is 24.6 Å². The van der Waals surface area contributed by atoms with Crippen molar-refractivity contribution in [3.8, 4) is 0 Å². The second-order valence-corrected chi connectivity index (χ2v) is 8.41. The van der Waals surface area contributed by atoms with Crippen LogP contribution in [0.25, 0.3) is 0 Å². The van der Waals surface area contributed by atoms with Gasteiger partial charge in [0.1, 0.15) is 5.60 Å². The first-order chi connectivity index (χ1) is 12.5. The molecule has 27 heavy (non-hydrogen) atoms. The van der Waals surface area contributed by atoms with Crippen molar-refractivity contribution < 1.29 is 19.1 Å². The van der Waals surface area contributed by atoms with Gasteiger partial charge in [0.15, 0.2) is 5.96 Å². The van der Waals surface area contributed by atoms with Crippen LogP contribution < -0.4 is 5.32 Å². The van der Waals surface area contributed by atoms with Crippen molar-refractivity contribution in [2.75, 3.05) is 47.4 Å². The minimum Gasteiger partial charge on any atom is -0.469 e. The zero-order valence-corrected chi connectivity index (χ0v) is 18.0. The Labute approximate surface area is 163 Å². The molecule has 1 N–H and O–H groups in total. The Balaban J connectivity index is 2.51. The molecule has 0 aromatic heterocycles. The summed E-state index contributed by atoms with van der Waals surface area (Å²) in [7, 11) is 4.89. The van der Waals surface area contributed by atoms with Crippen molar-refractivity contribution >= 4 is 18.0 Å². The van der Waals surface area contributed by atoms with Gasteiger partial charge in [0, 0.05) is 40.3 Å². The maximum atomic E-state index is 12.1. The van der Waals surface area contributed by atoms with Crippen LogP contribution in [0.3, 0.4) is 0 Å². The molecule has 0 aromatic rings. The lowest BCUT2D eigenvalue weighted by atomic mass is 9.99. The standard InChI is InChI=1S/C19H36N4O4/c1-13(10-22(7)18(25)27-19(3,4)5)9-21-17(20-6)23-11-14(2)15(12-23)16(24)26-8/h13-15H,9-12H2,1-8H3,(H,20,21). The summed E-state index contributed by atoms with van der Waals surface area (Å²) in [6, 6.07) is 0. The number of carbonyl (C=O) groups is 2. The number of guanidine groups is 1. The van der Waals surface area contributed by atoms with E-state index in [4.69, 9.17) is 9.47 Å². The van der Waals surface area contributed by atoms with Crippen LogP contribution in [0.4, 0.5) is 4.79 Å². The Morgan fingerprint density at radius 2 is 1.96 bits per heavy atom. The number of carbonyl (C=O) groups excluding carboxylic acids is 2. The number of aliphatic imine (C=N–C) groups is 1. The number of methoxy groups -OCH3 is 1. The fourth-order valence-electron chi connectivity index (χ4n) is 3.14. The number of nitrogens with one attached hydrogen (secondary N) is 1. The second-order valence-electron chi connectivity index (χ2n) is 8.41. The molecule has 3 unspecified atom stereocenters. The van der Waals surface area contributed by atoms with Crippen LogP contribution in [-0.2, 0) is 14.3 Å². The van der Waals surface area contributed by atoms with E-state index in [0.29, 0.717) is 19.6 Å². The average molecular weight is 385 g/mol. The van der Waals surface area contributed by atoms with Gasteiger partial charge in [-0.3, -0.25) is 9.79 Å². The van der Waals surface area contributed by atoms with Crippen molar-refractivity contribution in [2.24, 2.45) is 22.7 Å². The fourth-order valence-corrected chi connectivity index (χ4v) is 3.14. The quantitative estimate of drug-likeness (QED) is 0.442. The van der Waals surface area contributed by atoms with Crippen LogP contribution in [0.5, 0.6) is 0 Å². The first-order valence-electron chi connectivity index (χ1n) is 9.46. The Bertz CT molecular complexity index is 544. The molecule has 1 fully saturated rings. The van der Waals surface area contributed by atoms with Gasteiger partial charge in [-0.25, -0.2) is 4.79 Å². The largest absolute Gasteiger partial charge is 0.469 e. The molecule has 3 atom stereocenters. The summed E-state index contributed by atoms with van der Waals surface area (Å²) in [4.78, 5) is 31.9. The van der Waals surface area contributed by atoms with Gasteiger partial charge in [-0.15, -0.1) is 0 Å². The number of hydrogen-bond acceptors (Lipinski definition) is 5. The van der Waals surface area contributed by atoms with Gasteiger partial charge in [0.05, 0.1) is 13.0 Å². The summed E-state index contributed by atoms with van der Waals surface area (Å²) in [6.07, 6.45) is -0.326. The molecule has 0 bridgehead atoms. The molecule has 0 aromatic carbocycles. The summed E-state index contributed by atoms with van der Waals surface area (Å²) >= 11 is 0. The van der Waals surface area contributed by atoms with Crippen LogP contribution in [0.1, 0.15) is 34.6 Å². The Morgan fingerprint density at radius 3 is 2.48 bits per heavy atom. The van der Waals surface area contributed by atoms with E-state index in [1.54, 1.807) is 19.0 Å². The minimum absolute atomic E-state index is 0.135. The summed E-state index contributed by atoms with van der Waals surface area (Å²) in [5.41, 5.74) is -0.502. The van der Waals surface area contributed by atoms with Crippen LogP contribution in [-0.4, -0.2) is 80.8 Å². The average Bonchev–Trinajstić information content (AvgIpc) is 2.94. The highest BCUT2D eigenvalue weighted by Gasteiger charge is 2.36. The van der Waals surface area contributed by atoms with Gasteiger partial charge in [0.25, 0.3) is 0 Å². The van der Waals surface area contributed by atoms with Gasteiger partial charge in [-0.2, -0.15) is 0 Å². The fraction of sp³-hybridized carbons (Fsp3) is 0.842. The smallest absolute Gasteiger partial charge is 0.410 e. The second kappa shape index (κ2) is 9.80. The number of nitrogens with zero attached hydrogens (tertiary/aromatic N) is 3. The first-order valence-corrected chi connectivity index (χ1v) is 9.46. The number of esters is 1. The zero-order chi connectivity index (χ0) is 20.8. The molecule has 1 heterocycles. The number of amides is 1. The third-order valence-corrected chi connectivity index (χ3v) is 4.53. The van der Waals surface area contributed by atoms with E-state index in [1.165, 1.54) is 7.11 Å². The number of ether oxygens (including phenoxy) is 2. The number of hydrogen-bond donors (Lipinski definition) is 1. The van der Waals surface area contributed by atoms with Gasteiger partial charge in [-0.05, 0) is 32.6 Å². The highest BCUT2D eigenvalue weighted by atomic mass is 16.6. The summed E-state index contributed by atoms with van der Waals surface area (Å²) in [5.74, 6) is 0.875. The Kier molecular flexibility index (Phi) is 8.37. The highest BCUT2D eigenvalue weighted by molar-refractivity contribution is 5.82. The molecule has 0 spiro atoms. The van der Waals surface area contributed by atoms with Crippen molar-refractivity contribution in [1.82, 2.24) is 15.1 Å². The number of likely N-dealkylation sites (tertiary alicyclic amines) is 1. The predicted octanol–water partition coefficient (Wildman–Crippen LogP) is 1.81. The molecule has 8 nitrogen and oxygen atoms in total. The Morgan fingerprint density at radius 1 is 1.33 bits per heavy atom. The highest BCUT2D eigenvalue weighted by Crippen LogP contribution is 2.24. The predicted molar refractivity (Wildman–Crippen MR) is 106 cm³/mol. The van der Waals surface area contributed by atoms with E-state index in [9.17, 15) is 9.59 Å². The van der Waals surface area contributed by atoms with Crippen LogP contribution >= 0.6 is 0 Å². The molecule has 0 radical (unpaired) electrons. The van der Waals surface area contributed by atoms with Crippen molar-refractivity contribution in [2.45, 2.75) is 40.2 Å². The first kappa shape index (κ1) is 23.0. The molecule has 0 saturated carbocycles. The molecule has 1 rings (SSSR count). The molecule has 1 aliphatic heterocycles.